The number of rotatable bonds is 10. The average Bonchev–Trinajstić information content (AvgIpc) is 3.67. The Morgan fingerprint density at radius 1 is 1.03 bits per heavy atom. The molecule has 1 saturated carbocycles. The van der Waals surface area contributed by atoms with E-state index in [1.54, 1.807) is 18.2 Å². The molecule has 1 aliphatic rings. The smallest absolute Gasteiger partial charge is 0.261 e. The van der Waals surface area contributed by atoms with Crippen molar-refractivity contribution in [3.05, 3.63) is 83.4 Å². The number of nitrogens with one attached hydrogen (secondary N) is 1. The lowest BCUT2D eigenvalue weighted by Crippen LogP contribution is -2.33. The van der Waals surface area contributed by atoms with Gasteiger partial charge in [0.05, 0.1) is 12.0 Å². The van der Waals surface area contributed by atoms with E-state index in [4.69, 9.17) is 4.74 Å². The zero-order chi connectivity index (χ0) is 25.9. The molecule has 7 nitrogen and oxygen atoms in total. The summed E-state index contributed by atoms with van der Waals surface area (Å²) < 4.78 is 33.8. The molecule has 0 bridgehead atoms. The molecule has 3 aromatic rings. The molecule has 0 radical (unpaired) electrons. The third kappa shape index (κ3) is 6.18. The molecule has 1 aliphatic carbocycles. The largest absolute Gasteiger partial charge is 0.497 e. The molecule has 1 amide bonds. The maximum Gasteiger partial charge on any atom is 0.261 e. The van der Waals surface area contributed by atoms with Crippen molar-refractivity contribution in [2.24, 2.45) is 5.92 Å². The summed E-state index contributed by atoms with van der Waals surface area (Å²) in [5.74, 6) is 1.08. The Hall–Kier alpha value is -3.52. The predicted octanol–water partition coefficient (Wildman–Crippen LogP) is 4.92. The van der Waals surface area contributed by atoms with Crippen molar-refractivity contribution >= 4 is 27.3 Å². The number of anilines is 2. The van der Waals surface area contributed by atoms with Crippen LogP contribution in [0.15, 0.2) is 71.6 Å². The number of nitrogens with zero attached hydrogens (tertiary/aromatic N) is 2. The first-order chi connectivity index (χ1) is 17.2. The van der Waals surface area contributed by atoms with Crippen molar-refractivity contribution in [2.45, 2.75) is 31.2 Å². The maximum atomic E-state index is 13.5. The SMILES string of the molecule is COc1ccc(S(=O)(=O)Nc2ccc(N(C)C)c(CN(CC3CC3)C(=O)c3cccc(C)c3)c2)cc1. The van der Waals surface area contributed by atoms with Gasteiger partial charge in [0.2, 0.25) is 0 Å². The molecular weight excluding hydrogens is 474 g/mol. The van der Waals surface area contributed by atoms with E-state index in [1.165, 1.54) is 19.2 Å². The highest BCUT2D eigenvalue weighted by molar-refractivity contribution is 7.92. The van der Waals surface area contributed by atoms with E-state index in [0.29, 0.717) is 36.0 Å². The first-order valence-electron chi connectivity index (χ1n) is 12.0. The van der Waals surface area contributed by atoms with Gasteiger partial charge in [-0.05, 0) is 85.8 Å². The number of carbonyl (C=O) groups is 1. The predicted molar refractivity (Wildman–Crippen MR) is 143 cm³/mol. The van der Waals surface area contributed by atoms with Crippen LogP contribution in [0.2, 0.25) is 0 Å². The van der Waals surface area contributed by atoms with Crippen molar-refractivity contribution in [2.75, 3.05) is 37.4 Å². The molecular formula is C28H33N3O4S. The fourth-order valence-corrected chi connectivity index (χ4v) is 5.23. The molecule has 1 N–H and O–H groups in total. The fraction of sp³-hybridized carbons (Fsp3) is 0.321. The van der Waals surface area contributed by atoms with Crippen molar-refractivity contribution in [3.8, 4) is 5.75 Å². The minimum Gasteiger partial charge on any atom is -0.497 e. The van der Waals surface area contributed by atoms with Gasteiger partial charge in [-0.2, -0.15) is 0 Å². The molecule has 4 rings (SSSR count). The number of hydrogen-bond donors (Lipinski definition) is 1. The first-order valence-corrected chi connectivity index (χ1v) is 13.5. The number of benzene rings is 3. The minimum absolute atomic E-state index is 0.0143. The molecule has 190 valence electrons. The van der Waals surface area contributed by atoms with Crippen LogP contribution >= 0.6 is 0 Å². The van der Waals surface area contributed by atoms with Gasteiger partial charge in [0.15, 0.2) is 0 Å². The molecule has 0 unspecified atom stereocenters. The van der Waals surface area contributed by atoms with Crippen molar-refractivity contribution < 1.29 is 17.9 Å². The number of amides is 1. The Bertz CT molecular complexity index is 1330. The second kappa shape index (κ2) is 10.6. The second-order valence-electron chi connectivity index (χ2n) is 9.52. The van der Waals surface area contributed by atoms with Gasteiger partial charge in [0.1, 0.15) is 5.75 Å². The van der Waals surface area contributed by atoms with Crippen LogP contribution in [0.3, 0.4) is 0 Å². The number of aryl methyl sites for hydroxylation is 1. The van der Waals surface area contributed by atoms with Crippen LogP contribution in [0.1, 0.15) is 34.3 Å². The molecule has 0 saturated heterocycles. The van der Waals surface area contributed by atoms with Gasteiger partial charge in [-0.1, -0.05) is 17.7 Å². The van der Waals surface area contributed by atoms with Crippen LogP contribution in [0.5, 0.6) is 5.75 Å². The molecule has 1 fully saturated rings. The van der Waals surface area contributed by atoms with E-state index in [2.05, 4.69) is 4.72 Å². The van der Waals surface area contributed by atoms with Gasteiger partial charge in [0.25, 0.3) is 15.9 Å². The lowest BCUT2D eigenvalue weighted by Gasteiger charge is -2.26. The summed E-state index contributed by atoms with van der Waals surface area (Å²) >= 11 is 0. The highest BCUT2D eigenvalue weighted by Gasteiger charge is 2.28. The molecule has 0 aliphatic heterocycles. The van der Waals surface area contributed by atoms with Gasteiger partial charge in [0, 0.05) is 44.1 Å². The second-order valence-corrected chi connectivity index (χ2v) is 11.2. The van der Waals surface area contributed by atoms with Gasteiger partial charge in [-0.25, -0.2) is 8.42 Å². The molecule has 0 aromatic heterocycles. The Labute approximate surface area is 213 Å². The number of sulfonamides is 1. The van der Waals surface area contributed by atoms with E-state index in [9.17, 15) is 13.2 Å². The lowest BCUT2D eigenvalue weighted by molar-refractivity contribution is 0.0735. The number of carbonyl (C=O) groups excluding carboxylic acids is 1. The molecule has 8 heteroatoms. The lowest BCUT2D eigenvalue weighted by atomic mass is 10.1. The molecule has 0 spiro atoms. The fourth-order valence-electron chi connectivity index (χ4n) is 4.18. The van der Waals surface area contributed by atoms with Gasteiger partial charge >= 0.3 is 0 Å². The quantitative estimate of drug-likeness (QED) is 0.421. The Morgan fingerprint density at radius 3 is 2.36 bits per heavy atom. The summed E-state index contributed by atoms with van der Waals surface area (Å²) in [6, 6.07) is 19.3. The molecule has 0 atom stereocenters. The first kappa shape index (κ1) is 25.6. The van der Waals surface area contributed by atoms with Crippen LogP contribution in [0.25, 0.3) is 0 Å². The van der Waals surface area contributed by atoms with Crippen LogP contribution in [-0.4, -0.2) is 47.0 Å². The Kier molecular flexibility index (Phi) is 7.54. The summed E-state index contributed by atoms with van der Waals surface area (Å²) in [5.41, 5.74) is 3.95. The van der Waals surface area contributed by atoms with Gasteiger partial charge in [-0.3, -0.25) is 9.52 Å². The van der Waals surface area contributed by atoms with Gasteiger partial charge < -0.3 is 14.5 Å². The van der Waals surface area contributed by atoms with E-state index in [-0.39, 0.29) is 10.8 Å². The monoisotopic (exact) mass is 507 g/mol. The highest BCUT2D eigenvalue weighted by atomic mass is 32.2. The number of hydrogen-bond acceptors (Lipinski definition) is 5. The maximum absolute atomic E-state index is 13.5. The van der Waals surface area contributed by atoms with Crippen LogP contribution in [0.4, 0.5) is 11.4 Å². The summed E-state index contributed by atoms with van der Waals surface area (Å²) in [6.45, 7) is 3.04. The summed E-state index contributed by atoms with van der Waals surface area (Å²) in [5, 5.41) is 0. The van der Waals surface area contributed by atoms with E-state index >= 15 is 0 Å². The minimum atomic E-state index is -3.79. The van der Waals surface area contributed by atoms with E-state index < -0.39 is 10.0 Å². The third-order valence-corrected chi connectivity index (χ3v) is 7.67. The topological polar surface area (TPSA) is 79.0 Å². The van der Waals surface area contributed by atoms with Gasteiger partial charge in [-0.15, -0.1) is 0 Å². The van der Waals surface area contributed by atoms with Crippen molar-refractivity contribution in [1.29, 1.82) is 0 Å². The van der Waals surface area contributed by atoms with Crippen molar-refractivity contribution in [1.82, 2.24) is 4.90 Å². The normalized spacial score (nSPS) is 13.2. The number of ether oxygens (including phenoxy) is 1. The summed E-state index contributed by atoms with van der Waals surface area (Å²) in [6.07, 6.45) is 2.25. The summed E-state index contributed by atoms with van der Waals surface area (Å²) in [4.78, 5) is 17.5. The molecule has 0 heterocycles. The van der Waals surface area contributed by atoms with Crippen LogP contribution in [-0.2, 0) is 16.6 Å². The number of methoxy groups -OCH3 is 1. The standard InChI is InChI=1S/C28H33N3O4S/c1-20-6-5-7-22(16-20)28(32)31(18-21-8-9-21)19-23-17-24(10-15-27(23)30(2)3)29-36(33,34)26-13-11-25(35-4)12-14-26/h5-7,10-17,21,29H,8-9,18-19H2,1-4H3. The van der Waals surface area contributed by atoms with E-state index in [0.717, 1.165) is 29.7 Å². The molecule has 36 heavy (non-hydrogen) atoms. The zero-order valence-electron chi connectivity index (χ0n) is 21.2. The Balaban J connectivity index is 1.63. The average molecular weight is 508 g/mol. The third-order valence-electron chi connectivity index (χ3n) is 6.27. The van der Waals surface area contributed by atoms with Crippen LogP contribution in [0, 0.1) is 12.8 Å². The highest BCUT2D eigenvalue weighted by Crippen LogP contribution is 2.32. The molecule has 3 aromatic carbocycles. The van der Waals surface area contributed by atoms with E-state index in [1.807, 2.05) is 67.2 Å². The summed E-state index contributed by atoms with van der Waals surface area (Å²) in [7, 11) is 1.62. The zero-order valence-corrected chi connectivity index (χ0v) is 22.0. The Morgan fingerprint density at radius 2 is 1.75 bits per heavy atom. The van der Waals surface area contributed by atoms with Crippen molar-refractivity contribution in [3.63, 3.8) is 0 Å². The van der Waals surface area contributed by atoms with Crippen LogP contribution < -0.4 is 14.4 Å².